The Bertz CT molecular complexity index is 1670. The molecule has 2 aromatic heterocycles. The van der Waals surface area contributed by atoms with E-state index in [1.807, 2.05) is 0 Å². The van der Waals surface area contributed by atoms with Crippen LogP contribution in [0.5, 0.6) is 5.75 Å². The van der Waals surface area contributed by atoms with Gasteiger partial charge in [-0.1, -0.05) is 0 Å². The number of carboxylic acids is 1. The first-order valence-corrected chi connectivity index (χ1v) is 11.9. The molecular formula is C25H22N8O8. The number of anilines is 2. The van der Waals surface area contributed by atoms with Crippen molar-refractivity contribution in [2.45, 2.75) is 25.4 Å². The monoisotopic (exact) mass is 562 g/mol. The van der Waals surface area contributed by atoms with Crippen molar-refractivity contribution in [1.29, 1.82) is 0 Å². The second-order valence-corrected chi connectivity index (χ2v) is 8.54. The molecule has 1 amide bonds. The molecule has 0 radical (unpaired) electrons. The lowest BCUT2D eigenvalue weighted by molar-refractivity contribution is -0.384. The summed E-state index contributed by atoms with van der Waals surface area (Å²) in [5.74, 6) is -2.78. The van der Waals surface area contributed by atoms with Gasteiger partial charge in [-0.05, 0) is 42.8 Å². The highest BCUT2D eigenvalue weighted by Crippen LogP contribution is 2.18. The van der Waals surface area contributed by atoms with Crippen molar-refractivity contribution in [3.8, 4) is 5.75 Å². The van der Waals surface area contributed by atoms with Crippen LogP contribution >= 0.6 is 0 Å². The van der Waals surface area contributed by atoms with E-state index in [0.717, 1.165) is 12.1 Å². The Morgan fingerprint density at radius 3 is 2.46 bits per heavy atom. The summed E-state index contributed by atoms with van der Waals surface area (Å²) >= 11 is 0. The molecule has 16 heteroatoms. The van der Waals surface area contributed by atoms with Crippen LogP contribution in [0.1, 0.15) is 28.9 Å². The largest absolute Gasteiger partial charge is 0.480 e. The van der Waals surface area contributed by atoms with E-state index in [-0.39, 0.29) is 53.5 Å². The minimum Gasteiger partial charge on any atom is -0.480 e. The zero-order chi connectivity index (χ0) is 29.5. The van der Waals surface area contributed by atoms with Crippen LogP contribution in [0.2, 0.25) is 0 Å². The second kappa shape index (κ2) is 12.3. The SMILES string of the molecule is Nc1nc2ncc(CNc3ccc(C(=O)N[C@@H](CCC(=O)Oc4ccc([N+](=O)[O-])cc4)C(=O)O)cc3)nc2c(=O)[nH]1. The first kappa shape index (κ1) is 28.1. The topological polar surface area (TPSA) is 245 Å². The van der Waals surface area contributed by atoms with Crippen LogP contribution in [0.25, 0.3) is 11.2 Å². The van der Waals surface area contributed by atoms with Gasteiger partial charge < -0.3 is 26.2 Å². The van der Waals surface area contributed by atoms with Gasteiger partial charge in [0.25, 0.3) is 17.2 Å². The second-order valence-electron chi connectivity index (χ2n) is 8.54. The molecule has 0 fully saturated rings. The van der Waals surface area contributed by atoms with Gasteiger partial charge in [-0.25, -0.2) is 14.8 Å². The van der Waals surface area contributed by atoms with Gasteiger partial charge in [-0.2, -0.15) is 4.98 Å². The van der Waals surface area contributed by atoms with Crippen LogP contribution in [0.15, 0.2) is 59.5 Å². The van der Waals surface area contributed by atoms with E-state index in [1.54, 1.807) is 12.1 Å². The summed E-state index contributed by atoms with van der Waals surface area (Å²) in [4.78, 5) is 73.1. The van der Waals surface area contributed by atoms with Crippen molar-refractivity contribution in [2.24, 2.45) is 0 Å². The lowest BCUT2D eigenvalue weighted by atomic mass is 10.1. The molecule has 0 bridgehead atoms. The fourth-order valence-corrected chi connectivity index (χ4v) is 3.57. The van der Waals surface area contributed by atoms with E-state index in [1.165, 1.54) is 30.5 Å². The van der Waals surface area contributed by atoms with Crippen molar-refractivity contribution in [3.63, 3.8) is 0 Å². The summed E-state index contributed by atoms with van der Waals surface area (Å²) in [5, 5.41) is 25.6. The molecule has 0 aliphatic carbocycles. The zero-order valence-electron chi connectivity index (χ0n) is 21.1. The third kappa shape index (κ3) is 7.34. The molecular weight excluding hydrogens is 540 g/mol. The molecule has 210 valence electrons. The quantitative estimate of drug-likeness (QED) is 0.0751. The maximum Gasteiger partial charge on any atom is 0.326 e. The number of nitro groups is 1. The Morgan fingerprint density at radius 2 is 1.80 bits per heavy atom. The lowest BCUT2D eigenvalue weighted by Gasteiger charge is -2.14. The minimum absolute atomic E-state index is 0.0399. The standard InChI is InChI=1S/C25H22N8O8/c26-25-31-21-20(23(36)32-25)29-15(12-28-21)11-27-14-3-1-13(2-4-14)22(35)30-18(24(37)38)9-10-19(34)41-17-7-5-16(6-8-17)33(39)40/h1-8,12,18,27H,9-11H2,(H,30,35)(H,37,38)(H3,26,28,31,32,36)/t18-/m0/s1. The number of hydrogen-bond donors (Lipinski definition) is 5. The van der Waals surface area contributed by atoms with Crippen LogP contribution in [0.3, 0.4) is 0 Å². The van der Waals surface area contributed by atoms with Gasteiger partial charge in [0, 0.05) is 29.8 Å². The normalized spacial score (nSPS) is 11.4. The average molecular weight is 562 g/mol. The number of hydrogen-bond acceptors (Lipinski definition) is 12. The van der Waals surface area contributed by atoms with Gasteiger partial charge in [0.2, 0.25) is 5.95 Å². The maximum absolute atomic E-state index is 12.6. The number of rotatable bonds is 11. The predicted octanol–water partition coefficient (Wildman–Crippen LogP) is 1.38. The molecule has 0 spiro atoms. The molecule has 2 aromatic carbocycles. The van der Waals surface area contributed by atoms with Crippen LogP contribution in [-0.2, 0) is 16.1 Å². The number of nitro benzene ring substituents is 1. The van der Waals surface area contributed by atoms with Crippen LogP contribution in [0, 0.1) is 10.1 Å². The molecule has 1 atom stereocenters. The smallest absolute Gasteiger partial charge is 0.326 e. The molecule has 4 rings (SSSR count). The number of H-pyrrole nitrogens is 1. The predicted molar refractivity (Wildman–Crippen MR) is 143 cm³/mol. The van der Waals surface area contributed by atoms with Gasteiger partial charge >= 0.3 is 11.9 Å². The molecule has 16 nitrogen and oxygen atoms in total. The Balaban J connectivity index is 1.29. The van der Waals surface area contributed by atoms with Crippen molar-refractivity contribution in [1.82, 2.24) is 25.3 Å². The zero-order valence-corrected chi connectivity index (χ0v) is 21.1. The number of carbonyl (C=O) groups excluding carboxylic acids is 2. The number of non-ortho nitro benzene ring substituents is 1. The third-order valence-electron chi connectivity index (χ3n) is 5.63. The maximum atomic E-state index is 12.6. The van der Waals surface area contributed by atoms with E-state index < -0.39 is 34.4 Å². The molecule has 0 aliphatic heterocycles. The highest BCUT2D eigenvalue weighted by atomic mass is 16.6. The van der Waals surface area contributed by atoms with E-state index >= 15 is 0 Å². The summed E-state index contributed by atoms with van der Waals surface area (Å²) in [6, 6.07) is 9.59. The number of nitrogens with zero attached hydrogens (tertiary/aromatic N) is 4. The molecule has 6 N–H and O–H groups in total. The Hall–Kier alpha value is -5.93. The summed E-state index contributed by atoms with van der Waals surface area (Å²) in [7, 11) is 0. The van der Waals surface area contributed by atoms with Gasteiger partial charge in [-0.3, -0.25) is 29.5 Å². The molecule has 0 saturated heterocycles. The van der Waals surface area contributed by atoms with E-state index in [9.17, 15) is 34.4 Å². The van der Waals surface area contributed by atoms with Crippen molar-refractivity contribution < 1.29 is 29.2 Å². The Kier molecular flexibility index (Phi) is 8.42. The number of amides is 1. The number of nitrogens with one attached hydrogen (secondary N) is 3. The third-order valence-corrected chi connectivity index (χ3v) is 5.63. The van der Waals surface area contributed by atoms with Crippen molar-refractivity contribution >= 4 is 46.3 Å². The number of benzene rings is 2. The number of nitrogen functional groups attached to an aromatic ring is 1. The number of aliphatic carboxylic acids is 1. The molecule has 4 aromatic rings. The number of carbonyl (C=O) groups is 3. The van der Waals surface area contributed by atoms with E-state index in [2.05, 4.69) is 30.6 Å². The number of nitrogens with two attached hydrogens (primary N) is 1. The highest BCUT2D eigenvalue weighted by molar-refractivity contribution is 5.97. The van der Waals surface area contributed by atoms with Crippen LogP contribution < -0.4 is 26.7 Å². The molecule has 0 unspecified atom stereocenters. The summed E-state index contributed by atoms with van der Waals surface area (Å²) < 4.78 is 5.06. The first-order valence-electron chi connectivity index (χ1n) is 11.9. The number of ether oxygens (including phenoxy) is 1. The van der Waals surface area contributed by atoms with Crippen LogP contribution in [0.4, 0.5) is 17.3 Å². The van der Waals surface area contributed by atoms with Gasteiger partial charge in [0.15, 0.2) is 11.2 Å². The van der Waals surface area contributed by atoms with Gasteiger partial charge in [0.1, 0.15) is 11.8 Å². The first-order chi connectivity index (χ1) is 19.6. The molecule has 2 heterocycles. The Labute approximate surface area is 229 Å². The Morgan fingerprint density at radius 1 is 1.10 bits per heavy atom. The number of aromatic amines is 1. The van der Waals surface area contributed by atoms with Crippen molar-refractivity contribution in [2.75, 3.05) is 11.1 Å². The number of aromatic nitrogens is 4. The molecule has 0 aliphatic rings. The lowest BCUT2D eigenvalue weighted by Crippen LogP contribution is -2.41. The van der Waals surface area contributed by atoms with Crippen LogP contribution in [-0.4, -0.2) is 53.9 Å². The minimum atomic E-state index is -1.37. The fourth-order valence-electron chi connectivity index (χ4n) is 3.57. The number of esters is 1. The number of fused-ring (bicyclic) bond motifs is 1. The average Bonchev–Trinajstić information content (AvgIpc) is 2.94. The van der Waals surface area contributed by atoms with Gasteiger partial charge in [0.05, 0.1) is 23.4 Å². The fraction of sp³-hybridized carbons (Fsp3) is 0.160. The highest BCUT2D eigenvalue weighted by Gasteiger charge is 2.22. The summed E-state index contributed by atoms with van der Waals surface area (Å²) in [6.45, 7) is 0.204. The summed E-state index contributed by atoms with van der Waals surface area (Å²) in [5.41, 5.74) is 6.20. The summed E-state index contributed by atoms with van der Waals surface area (Å²) in [6.07, 6.45) is 0.866. The molecule has 0 saturated carbocycles. The van der Waals surface area contributed by atoms with Gasteiger partial charge in [-0.15, -0.1) is 0 Å². The van der Waals surface area contributed by atoms with Crippen molar-refractivity contribution in [3.05, 3.63) is 86.5 Å². The number of carboxylic acid groups (broad SMARTS) is 1. The van der Waals surface area contributed by atoms with E-state index in [0.29, 0.717) is 11.4 Å². The van der Waals surface area contributed by atoms with E-state index in [4.69, 9.17) is 10.5 Å². The molecule has 41 heavy (non-hydrogen) atoms.